The Morgan fingerprint density at radius 2 is 1.96 bits per heavy atom. The summed E-state index contributed by atoms with van der Waals surface area (Å²) in [6, 6.07) is 15.0. The Balaban J connectivity index is 1.44. The third-order valence-corrected chi connectivity index (χ3v) is 4.47. The van der Waals surface area contributed by atoms with Crippen molar-refractivity contribution in [2.45, 2.75) is 19.8 Å². The summed E-state index contributed by atoms with van der Waals surface area (Å²) in [5.41, 5.74) is 2.03. The molecule has 1 heterocycles. The molecule has 7 heteroatoms. The number of amides is 1. The first-order valence-corrected chi connectivity index (χ1v) is 9.41. The highest BCUT2D eigenvalue weighted by atomic mass is 35.5. The summed E-state index contributed by atoms with van der Waals surface area (Å²) >= 11 is 5.92. The lowest BCUT2D eigenvalue weighted by Gasteiger charge is -2.17. The van der Waals surface area contributed by atoms with Crippen LogP contribution in [0.1, 0.15) is 17.9 Å². The van der Waals surface area contributed by atoms with Crippen LogP contribution in [0.3, 0.4) is 0 Å². The van der Waals surface area contributed by atoms with Gasteiger partial charge in [0, 0.05) is 30.5 Å². The van der Waals surface area contributed by atoms with E-state index >= 15 is 0 Å². The Labute approximate surface area is 169 Å². The zero-order valence-electron chi connectivity index (χ0n) is 15.9. The van der Waals surface area contributed by atoms with E-state index in [9.17, 15) is 4.79 Å². The zero-order chi connectivity index (χ0) is 19.9. The van der Waals surface area contributed by atoms with Crippen LogP contribution < -0.4 is 4.74 Å². The van der Waals surface area contributed by atoms with Crippen LogP contribution in [0.25, 0.3) is 11.5 Å². The molecule has 0 bridgehead atoms. The number of carbonyl (C=O) groups excluding carboxylic acids is 1. The number of aromatic nitrogens is 2. The molecule has 6 nitrogen and oxygen atoms in total. The fraction of sp³-hybridized carbons (Fsp3) is 0.286. The van der Waals surface area contributed by atoms with Gasteiger partial charge in [-0.15, -0.1) is 10.2 Å². The summed E-state index contributed by atoms with van der Waals surface area (Å²) < 4.78 is 11.3. The highest BCUT2D eigenvalue weighted by Crippen LogP contribution is 2.19. The van der Waals surface area contributed by atoms with Crippen molar-refractivity contribution < 1.29 is 13.9 Å². The van der Waals surface area contributed by atoms with Crippen molar-refractivity contribution in [2.24, 2.45) is 0 Å². The molecule has 0 N–H and O–H groups in total. The molecule has 0 spiro atoms. The first-order chi connectivity index (χ1) is 13.5. The molecule has 0 atom stereocenters. The van der Waals surface area contributed by atoms with Crippen molar-refractivity contribution in [1.29, 1.82) is 0 Å². The monoisotopic (exact) mass is 399 g/mol. The number of hydrogen-bond acceptors (Lipinski definition) is 5. The van der Waals surface area contributed by atoms with E-state index in [-0.39, 0.29) is 5.91 Å². The van der Waals surface area contributed by atoms with Gasteiger partial charge in [0.15, 0.2) is 0 Å². The predicted octanol–water partition coefficient (Wildman–Crippen LogP) is 4.17. The molecule has 3 rings (SSSR count). The maximum absolute atomic E-state index is 12.3. The smallest absolute Gasteiger partial charge is 0.247 e. The average molecular weight is 400 g/mol. The second-order valence-electron chi connectivity index (χ2n) is 6.49. The molecule has 1 aromatic heterocycles. The normalized spacial score (nSPS) is 10.7. The minimum absolute atomic E-state index is 0.00946. The molecular formula is C21H22ClN3O3. The lowest BCUT2D eigenvalue weighted by molar-refractivity contribution is -0.130. The molecule has 0 aliphatic rings. The lowest BCUT2D eigenvalue weighted by Crippen LogP contribution is -2.31. The van der Waals surface area contributed by atoms with Gasteiger partial charge in [0.05, 0.1) is 6.54 Å². The molecule has 0 aliphatic heterocycles. The second-order valence-corrected chi connectivity index (χ2v) is 6.92. The summed E-state index contributed by atoms with van der Waals surface area (Å²) in [5, 5.41) is 8.71. The Morgan fingerprint density at radius 1 is 1.18 bits per heavy atom. The van der Waals surface area contributed by atoms with Crippen molar-refractivity contribution in [3.8, 4) is 17.2 Å². The first-order valence-electron chi connectivity index (χ1n) is 9.03. The van der Waals surface area contributed by atoms with Gasteiger partial charge in [-0.1, -0.05) is 35.4 Å². The third-order valence-electron chi connectivity index (χ3n) is 4.24. The van der Waals surface area contributed by atoms with Crippen LogP contribution in [0.2, 0.25) is 5.02 Å². The fourth-order valence-corrected chi connectivity index (χ4v) is 2.73. The second kappa shape index (κ2) is 9.37. The highest BCUT2D eigenvalue weighted by molar-refractivity contribution is 6.30. The Morgan fingerprint density at radius 3 is 2.71 bits per heavy atom. The van der Waals surface area contributed by atoms with Gasteiger partial charge < -0.3 is 14.1 Å². The van der Waals surface area contributed by atoms with Gasteiger partial charge in [0.25, 0.3) is 0 Å². The summed E-state index contributed by atoms with van der Waals surface area (Å²) in [5.74, 6) is 1.59. The molecular weight excluding hydrogens is 378 g/mol. The zero-order valence-corrected chi connectivity index (χ0v) is 16.6. The van der Waals surface area contributed by atoms with Crippen LogP contribution >= 0.6 is 11.6 Å². The fourth-order valence-electron chi connectivity index (χ4n) is 2.55. The number of aryl methyl sites for hydroxylation is 2. The molecule has 0 saturated heterocycles. The van der Waals surface area contributed by atoms with Gasteiger partial charge in [0.1, 0.15) is 12.4 Å². The van der Waals surface area contributed by atoms with Crippen LogP contribution in [0.15, 0.2) is 52.9 Å². The van der Waals surface area contributed by atoms with Crippen LogP contribution in [0.5, 0.6) is 5.75 Å². The number of ether oxygens (including phenoxy) is 1. The van der Waals surface area contributed by atoms with Crippen molar-refractivity contribution in [1.82, 2.24) is 15.1 Å². The van der Waals surface area contributed by atoms with E-state index in [0.29, 0.717) is 48.5 Å². The molecule has 2 aromatic carbocycles. The molecule has 0 saturated carbocycles. The Bertz CT molecular complexity index is 925. The predicted molar refractivity (Wildman–Crippen MR) is 107 cm³/mol. The summed E-state index contributed by atoms with van der Waals surface area (Å²) in [4.78, 5) is 13.9. The van der Waals surface area contributed by atoms with E-state index in [4.69, 9.17) is 20.8 Å². The minimum atomic E-state index is -0.00946. The topological polar surface area (TPSA) is 68.5 Å². The SMILES string of the molecule is Cc1ccc(-c2nnc(CCC(=O)N(C)CCOc3cccc(Cl)c3)o2)cc1. The van der Waals surface area contributed by atoms with E-state index in [1.807, 2.05) is 43.3 Å². The van der Waals surface area contributed by atoms with Gasteiger partial charge in [-0.2, -0.15) is 0 Å². The minimum Gasteiger partial charge on any atom is -0.492 e. The molecule has 0 unspecified atom stereocenters. The molecule has 0 aliphatic carbocycles. The van der Waals surface area contributed by atoms with Gasteiger partial charge in [-0.05, 0) is 37.3 Å². The van der Waals surface area contributed by atoms with Crippen LogP contribution in [0, 0.1) is 6.92 Å². The summed E-state index contributed by atoms with van der Waals surface area (Å²) in [6.45, 7) is 2.88. The molecule has 0 radical (unpaired) electrons. The quantitative estimate of drug-likeness (QED) is 0.568. The van der Waals surface area contributed by atoms with Crippen molar-refractivity contribution >= 4 is 17.5 Å². The van der Waals surface area contributed by atoms with Gasteiger partial charge in [-0.25, -0.2) is 0 Å². The average Bonchev–Trinajstić information content (AvgIpc) is 3.15. The number of benzene rings is 2. The maximum Gasteiger partial charge on any atom is 0.247 e. The van der Waals surface area contributed by atoms with Gasteiger partial charge >= 0.3 is 0 Å². The van der Waals surface area contributed by atoms with E-state index < -0.39 is 0 Å². The number of rotatable bonds is 8. The Hall–Kier alpha value is -2.86. The number of carbonyl (C=O) groups is 1. The molecule has 3 aromatic rings. The van der Waals surface area contributed by atoms with Crippen LogP contribution in [-0.4, -0.2) is 41.2 Å². The van der Waals surface area contributed by atoms with E-state index in [0.717, 1.165) is 11.1 Å². The molecule has 146 valence electrons. The van der Waals surface area contributed by atoms with Crippen molar-refractivity contribution in [3.05, 3.63) is 65.0 Å². The van der Waals surface area contributed by atoms with E-state index in [1.165, 1.54) is 0 Å². The maximum atomic E-state index is 12.3. The number of halogens is 1. The van der Waals surface area contributed by atoms with Gasteiger partial charge in [0.2, 0.25) is 17.7 Å². The van der Waals surface area contributed by atoms with Gasteiger partial charge in [-0.3, -0.25) is 4.79 Å². The summed E-state index contributed by atoms with van der Waals surface area (Å²) in [7, 11) is 1.75. The van der Waals surface area contributed by atoms with Crippen LogP contribution in [-0.2, 0) is 11.2 Å². The number of likely N-dealkylation sites (N-methyl/N-ethyl adjacent to an activating group) is 1. The number of nitrogens with zero attached hydrogens (tertiary/aromatic N) is 3. The lowest BCUT2D eigenvalue weighted by atomic mass is 10.1. The summed E-state index contributed by atoms with van der Waals surface area (Å²) in [6.07, 6.45) is 0.695. The standard InChI is InChI=1S/C21H22ClN3O3/c1-15-6-8-16(9-7-15)21-24-23-19(28-21)10-11-20(26)25(2)12-13-27-18-5-3-4-17(22)14-18/h3-9,14H,10-13H2,1-2H3. The third kappa shape index (κ3) is 5.57. The van der Waals surface area contributed by atoms with E-state index in [1.54, 1.807) is 24.1 Å². The first kappa shape index (κ1) is 19.9. The Kier molecular flexibility index (Phi) is 6.66. The highest BCUT2D eigenvalue weighted by Gasteiger charge is 2.13. The van der Waals surface area contributed by atoms with Crippen LogP contribution in [0.4, 0.5) is 0 Å². The molecule has 1 amide bonds. The number of hydrogen-bond donors (Lipinski definition) is 0. The van der Waals surface area contributed by atoms with E-state index in [2.05, 4.69) is 10.2 Å². The molecule has 0 fully saturated rings. The largest absolute Gasteiger partial charge is 0.492 e. The molecule has 28 heavy (non-hydrogen) atoms. The van der Waals surface area contributed by atoms with Crippen molar-refractivity contribution in [2.75, 3.05) is 20.2 Å². The van der Waals surface area contributed by atoms with Crippen molar-refractivity contribution in [3.63, 3.8) is 0 Å².